The number of amides is 1. The molecule has 1 aliphatic rings. The lowest BCUT2D eigenvalue weighted by Gasteiger charge is -2.17. The Hall–Kier alpha value is -2.72. The van der Waals surface area contributed by atoms with E-state index < -0.39 is 12.5 Å². The van der Waals surface area contributed by atoms with Crippen molar-refractivity contribution in [2.45, 2.75) is 44.5 Å². The van der Waals surface area contributed by atoms with Crippen LogP contribution in [0.4, 0.5) is 14.5 Å². The number of anilines is 1. The Morgan fingerprint density at radius 1 is 1.45 bits per heavy atom. The number of rotatable bonds is 8. The second kappa shape index (κ2) is 10.0. The molecule has 1 atom stereocenters. The van der Waals surface area contributed by atoms with Crippen molar-refractivity contribution in [1.29, 1.82) is 0 Å². The first-order valence-corrected chi connectivity index (χ1v) is 12.3. The molecule has 33 heavy (non-hydrogen) atoms. The standard InChI is InChI=1S/C23H23F2N3O3S2/c1-3-10-28-21(30)19-14-9-8-13(2)11-17(14)33-20(19)27-23(28)32-12-18(29)26-15-6-4-5-7-16(15)31-22(24)25/h3-7,13,22H,1,8-12H2,2H3,(H,26,29). The Balaban J connectivity index is 1.57. The minimum atomic E-state index is -3.00. The summed E-state index contributed by atoms with van der Waals surface area (Å²) in [5.41, 5.74) is 1.13. The number of nitrogens with one attached hydrogen (secondary N) is 1. The highest BCUT2D eigenvalue weighted by Gasteiger charge is 2.25. The van der Waals surface area contributed by atoms with E-state index in [-0.39, 0.29) is 29.3 Å². The molecule has 0 fully saturated rings. The second-order valence-corrected chi connectivity index (χ2v) is 9.87. The summed E-state index contributed by atoms with van der Waals surface area (Å²) in [6.07, 6.45) is 4.49. The van der Waals surface area contributed by atoms with Crippen LogP contribution in [0.25, 0.3) is 10.2 Å². The number of nitrogens with zero attached hydrogens (tertiary/aromatic N) is 2. The van der Waals surface area contributed by atoms with Crippen LogP contribution in [0.5, 0.6) is 5.75 Å². The number of ether oxygens (including phenoxy) is 1. The normalized spacial score (nSPS) is 15.5. The summed E-state index contributed by atoms with van der Waals surface area (Å²) >= 11 is 2.67. The van der Waals surface area contributed by atoms with Crippen LogP contribution in [0.1, 0.15) is 23.8 Å². The molecule has 3 aromatic rings. The van der Waals surface area contributed by atoms with Gasteiger partial charge in [0.15, 0.2) is 5.16 Å². The van der Waals surface area contributed by atoms with Gasteiger partial charge in [0.1, 0.15) is 10.6 Å². The van der Waals surface area contributed by atoms with Gasteiger partial charge in [-0.25, -0.2) is 4.98 Å². The summed E-state index contributed by atoms with van der Waals surface area (Å²) in [6, 6.07) is 5.98. The summed E-state index contributed by atoms with van der Waals surface area (Å²) < 4.78 is 31.2. The number of halogens is 2. The number of benzene rings is 1. The van der Waals surface area contributed by atoms with Crippen molar-refractivity contribution in [2.24, 2.45) is 5.92 Å². The largest absolute Gasteiger partial charge is 0.433 e. The lowest BCUT2D eigenvalue weighted by Crippen LogP contribution is -2.24. The summed E-state index contributed by atoms with van der Waals surface area (Å²) in [4.78, 5) is 32.5. The molecule has 1 aromatic carbocycles. The smallest absolute Gasteiger partial charge is 0.387 e. The molecular formula is C23H23F2N3O3S2. The van der Waals surface area contributed by atoms with Gasteiger partial charge in [0.05, 0.1) is 16.8 Å². The fraction of sp³-hybridized carbons (Fsp3) is 0.348. The fourth-order valence-electron chi connectivity index (χ4n) is 3.89. The van der Waals surface area contributed by atoms with Gasteiger partial charge in [0, 0.05) is 11.4 Å². The zero-order chi connectivity index (χ0) is 23.5. The summed E-state index contributed by atoms with van der Waals surface area (Å²) in [7, 11) is 0. The van der Waals surface area contributed by atoms with Gasteiger partial charge in [-0.3, -0.25) is 14.2 Å². The highest BCUT2D eigenvalue weighted by molar-refractivity contribution is 7.99. The first-order chi connectivity index (χ1) is 15.9. The van der Waals surface area contributed by atoms with Gasteiger partial charge in [-0.05, 0) is 42.9 Å². The van der Waals surface area contributed by atoms with Crippen LogP contribution in [-0.4, -0.2) is 27.8 Å². The first kappa shape index (κ1) is 23.4. The van der Waals surface area contributed by atoms with Crippen LogP contribution >= 0.6 is 23.1 Å². The molecule has 1 amide bonds. The van der Waals surface area contributed by atoms with Gasteiger partial charge < -0.3 is 10.1 Å². The zero-order valence-electron chi connectivity index (χ0n) is 18.0. The van der Waals surface area contributed by atoms with Crippen LogP contribution in [0.2, 0.25) is 0 Å². The molecule has 10 heteroatoms. The van der Waals surface area contributed by atoms with Gasteiger partial charge in [-0.1, -0.05) is 36.9 Å². The number of allylic oxidation sites excluding steroid dienone is 1. The summed E-state index contributed by atoms with van der Waals surface area (Å²) in [5.74, 6) is -0.0212. The lowest BCUT2D eigenvalue weighted by molar-refractivity contribution is -0.113. The van der Waals surface area contributed by atoms with Crippen molar-refractivity contribution >= 4 is 44.9 Å². The minimum absolute atomic E-state index is 0.0553. The van der Waals surface area contributed by atoms with Crippen molar-refractivity contribution in [2.75, 3.05) is 11.1 Å². The molecule has 0 saturated carbocycles. The van der Waals surface area contributed by atoms with E-state index >= 15 is 0 Å². The maximum Gasteiger partial charge on any atom is 0.387 e. The monoisotopic (exact) mass is 491 g/mol. The molecule has 0 spiro atoms. The lowest BCUT2D eigenvalue weighted by atomic mass is 9.89. The molecule has 0 aliphatic heterocycles. The number of aryl methyl sites for hydroxylation is 1. The van der Waals surface area contributed by atoms with Gasteiger partial charge in [-0.15, -0.1) is 17.9 Å². The molecule has 2 aromatic heterocycles. The maximum absolute atomic E-state index is 13.3. The van der Waals surface area contributed by atoms with Crippen LogP contribution in [-0.2, 0) is 24.2 Å². The topological polar surface area (TPSA) is 73.2 Å². The Labute approximate surface area is 197 Å². The number of hydrogen-bond donors (Lipinski definition) is 1. The molecule has 1 N–H and O–H groups in total. The van der Waals surface area contributed by atoms with Gasteiger partial charge in [-0.2, -0.15) is 8.78 Å². The zero-order valence-corrected chi connectivity index (χ0v) is 19.6. The highest BCUT2D eigenvalue weighted by atomic mass is 32.2. The predicted molar refractivity (Wildman–Crippen MR) is 128 cm³/mol. The van der Waals surface area contributed by atoms with Crippen molar-refractivity contribution in [3.05, 3.63) is 57.7 Å². The van der Waals surface area contributed by atoms with Crippen molar-refractivity contribution in [3.8, 4) is 5.75 Å². The average molecular weight is 492 g/mol. The molecule has 0 saturated heterocycles. The van der Waals surface area contributed by atoms with E-state index in [1.165, 1.54) is 27.6 Å². The molecule has 0 radical (unpaired) electrons. The molecule has 1 unspecified atom stereocenters. The Morgan fingerprint density at radius 3 is 3.00 bits per heavy atom. The molecule has 4 rings (SSSR count). The number of carbonyl (C=O) groups is 1. The van der Waals surface area contributed by atoms with Crippen molar-refractivity contribution in [3.63, 3.8) is 0 Å². The second-order valence-electron chi connectivity index (χ2n) is 7.84. The van der Waals surface area contributed by atoms with Crippen LogP contribution in [0.15, 0.2) is 46.9 Å². The number of alkyl halides is 2. The third-order valence-corrected chi connectivity index (χ3v) is 7.53. The molecule has 1 aliphatic carbocycles. The molecular weight excluding hydrogens is 468 g/mol. The van der Waals surface area contributed by atoms with Gasteiger partial charge in [0.2, 0.25) is 5.91 Å². The van der Waals surface area contributed by atoms with E-state index in [1.54, 1.807) is 23.5 Å². The Kier molecular flexibility index (Phi) is 7.14. The molecule has 2 heterocycles. The first-order valence-electron chi connectivity index (χ1n) is 10.5. The Bertz CT molecular complexity index is 1260. The number of hydrogen-bond acceptors (Lipinski definition) is 6. The Morgan fingerprint density at radius 2 is 2.24 bits per heavy atom. The van der Waals surface area contributed by atoms with E-state index in [1.807, 2.05) is 0 Å². The van der Waals surface area contributed by atoms with Gasteiger partial charge in [0.25, 0.3) is 5.56 Å². The van der Waals surface area contributed by atoms with Crippen LogP contribution < -0.4 is 15.6 Å². The number of fused-ring (bicyclic) bond motifs is 3. The quantitative estimate of drug-likeness (QED) is 0.270. The third-order valence-electron chi connectivity index (χ3n) is 5.40. The average Bonchev–Trinajstić information content (AvgIpc) is 3.13. The van der Waals surface area contributed by atoms with Crippen molar-refractivity contribution in [1.82, 2.24) is 9.55 Å². The van der Waals surface area contributed by atoms with Gasteiger partial charge >= 0.3 is 6.61 Å². The predicted octanol–water partition coefficient (Wildman–Crippen LogP) is 5.10. The number of carbonyl (C=O) groups excluding carboxylic acids is 1. The SMILES string of the molecule is C=CCn1c(SCC(=O)Nc2ccccc2OC(F)F)nc2sc3c(c2c1=O)CCC(C)C3. The van der Waals surface area contributed by atoms with E-state index in [9.17, 15) is 18.4 Å². The number of thiophene rings is 1. The number of aromatic nitrogens is 2. The molecule has 6 nitrogen and oxygen atoms in total. The number of thioether (sulfide) groups is 1. The summed E-state index contributed by atoms with van der Waals surface area (Å²) in [5, 5.41) is 3.68. The van der Waals surface area contributed by atoms with E-state index in [4.69, 9.17) is 4.98 Å². The minimum Gasteiger partial charge on any atom is -0.433 e. The van der Waals surface area contributed by atoms with E-state index in [0.717, 1.165) is 36.6 Å². The van der Waals surface area contributed by atoms with E-state index in [0.29, 0.717) is 21.3 Å². The molecule has 174 valence electrons. The van der Waals surface area contributed by atoms with Crippen molar-refractivity contribution < 1.29 is 18.3 Å². The molecule has 0 bridgehead atoms. The maximum atomic E-state index is 13.3. The summed E-state index contributed by atoms with van der Waals surface area (Å²) in [6.45, 7) is 3.23. The fourth-order valence-corrected chi connectivity index (χ4v) is 6.12. The third kappa shape index (κ3) is 5.11. The van der Waals surface area contributed by atoms with Crippen LogP contribution in [0.3, 0.4) is 0 Å². The van der Waals surface area contributed by atoms with E-state index in [2.05, 4.69) is 23.6 Å². The number of para-hydroxylation sites is 2. The highest BCUT2D eigenvalue weighted by Crippen LogP contribution is 2.36. The van der Waals surface area contributed by atoms with Crippen LogP contribution in [0, 0.1) is 5.92 Å².